The summed E-state index contributed by atoms with van der Waals surface area (Å²) in [5, 5.41) is 0.214. The quantitative estimate of drug-likeness (QED) is 0.0420. The molecule has 0 aliphatic heterocycles. The minimum atomic E-state index is -1.70. The molecule has 0 bridgehead atoms. The summed E-state index contributed by atoms with van der Waals surface area (Å²) in [6, 6.07) is 0. The van der Waals surface area contributed by atoms with E-state index in [0.717, 1.165) is 0 Å². The standard InChI is InChI=1S/C32H64O13Si/c1-30(2)31(33)44-28-26-42-24-22-40-20-18-38-16-14-36-12-10-34-8-9-35-11-13-37-15-17-39-19-21-41-23-25-43-27-29-45-46(6,7)32(3,4)5/h1,8-29H2,2-7H3. The molecule has 0 aliphatic rings. The van der Waals surface area contributed by atoms with Crippen LogP contribution >= 0.6 is 0 Å². The zero-order valence-electron chi connectivity index (χ0n) is 29.6. The van der Waals surface area contributed by atoms with E-state index in [1.54, 1.807) is 6.92 Å². The molecule has 0 aliphatic carbocycles. The Labute approximate surface area is 278 Å². The second-order valence-corrected chi connectivity index (χ2v) is 16.5. The summed E-state index contributed by atoms with van der Waals surface area (Å²) in [6.45, 7) is 27.0. The van der Waals surface area contributed by atoms with Crippen molar-refractivity contribution >= 4 is 14.3 Å². The first-order valence-corrected chi connectivity index (χ1v) is 19.2. The maximum Gasteiger partial charge on any atom is 0.333 e. The lowest BCUT2D eigenvalue weighted by Crippen LogP contribution is -2.41. The van der Waals surface area contributed by atoms with Crippen LogP contribution in [0.15, 0.2) is 12.2 Å². The molecule has 0 saturated carbocycles. The largest absolute Gasteiger partial charge is 0.460 e. The van der Waals surface area contributed by atoms with Crippen LogP contribution in [-0.2, 0) is 61.3 Å². The Morgan fingerprint density at radius 1 is 0.457 bits per heavy atom. The third kappa shape index (κ3) is 30.3. The van der Waals surface area contributed by atoms with Crippen molar-refractivity contribution in [2.45, 2.75) is 45.8 Å². The molecule has 0 spiro atoms. The fourth-order valence-corrected chi connectivity index (χ4v) is 4.00. The zero-order valence-corrected chi connectivity index (χ0v) is 30.6. The predicted octanol–water partition coefficient (Wildman–Crippen LogP) is 3.29. The summed E-state index contributed by atoms with van der Waals surface area (Å²) < 4.78 is 65.6. The van der Waals surface area contributed by atoms with Crippen LogP contribution in [0.5, 0.6) is 0 Å². The van der Waals surface area contributed by atoms with Gasteiger partial charge in [0.15, 0.2) is 8.32 Å². The molecule has 14 heteroatoms. The van der Waals surface area contributed by atoms with Gasteiger partial charge in [0, 0.05) is 5.57 Å². The Morgan fingerprint density at radius 3 is 0.891 bits per heavy atom. The second-order valence-electron chi connectivity index (χ2n) is 11.6. The fraction of sp³-hybridized carbons (Fsp3) is 0.906. The van der Waals surface area contributed by atoms with Crippen LogP contribution in [0.4, 0.5) is 0 Å². The van der Waals surface area contributed by atoms with Gasteiger partial charge in [-0.15, -0.1) is 0 Å². The summed E-state index contributed by atoms with van der Waals surface area (Å²) in [6.07, 6.45) is 0. The first kappa shape index (κ1) is 45.0. The van der Waals surface area contributed by atoms with Crippen LogP contribution in [0.2, 0.25) is 18.1 Å². The number of hydrogen-bond donors (Lipinski definition) is 0. The molecular weight excluding hydrogens is 620 g/mol. The summed E-state index contributed by atoms with van der Waals surface area (Å²) in [4.78, 5) is 11.2. The Balaban J connectivity index is 3.15. The molecular formula is C32H64O13Si. The van der Waals surface area contributed by atoms with Gasteiger partial charge in [-0.25, -0.2) is 4.79 Å². The first-order chi connectivity index (χ1) is 22.1. The molecule has 46 heavy (non-hydrogen) atoms. The normalized spacial score (nSPS) is 12.1. The Kier molecular flexibility index (Phi) is 30.6. The van der Waals surface area contributed by atoms with Crippen LogP contribution in [0.3, 0.4) is 0 Å². The van der Waals surface area contributed by atoms with Crippen molar-refractivity contribution in [3.05, 3.63) is 12.2 Å². The number of ether oxygens (including phenoxy) is 11. The topological polar surface area (TPSA) is 128 Å². The lowest BCUT2D eigenvalue weighted by atomic mass is 10.2. The molecule has 0 fully saturated rings. The fourth-order valence-electron chi connectivity index (χ4n) is 2.97. The molecule has 0 aromatic heterocycles. The molecule has 0 atom stereocenters. The number of carbonyl (C=O) groups is 1. The van der Waals surface area contributed by atoms with E-state index in [0.29, 0.717) is 144 Å². The van der Waals surface area contributed by atoms with Gasteiger partial charge in [0.25, 0.3) is 0 Å². The number of hydrogen-bond acceptors (Lipinski definition) is 13. The molecule has 13 nitrogen and oxygen atoms in total. The third-order valence-electron chi connectivity index (χ3n) is 6.65. The number of rotatable bonds is 35. The Morgan fingerprint density at radius 2 is 0.674 bits per heavy atom. The van der Waals surface area contributed by atoms with Gasteiger partial charge in [-0.1, -0.05) is 27.4 Å². The van der Waals surface area contributed by atoms with Crippen LogP contribution in [0.1, 0.15) is 27.7 Å². The maximum atomic E-state index is 11.2. The van der Waals surface area contributed by atoms with Crippen LogP contribution < -0.4 is 0 Å². The smallest absolute Gasteiger partial charge is 0.333 e. The van der Waals surface area contributed by atoms with Gasteiger partial charge in [-0.05, 0) is 25.1 Å². The van der Waals surface area contributed by atoms with E-state index in [-0.39, 0.29) is 11.6 Å². The molecule has 274 valence electrons. The maximum absolute atomic E-state index is 11.2. The van der Waals surface area contributed by atoms with Crippen molar-refractivity contribution in [2.75, 3.05) is 145 Å². The highest BCUT2D eigenvalue weighted by molar-refractivity contribution is 6.74. The van der Waals surface area contributed by atoms with Crippen molar-refractivity contribution in [1.29, 1.82) is 0 Å². The molecule has 0 N–H and O–H groups in total. The molecule has 0 rings (SSSR count). The van der Waals surface area contributed by atoms with Crippen molar-refractivity contribution in [2.24, 2.45) is 0 Å². The van der Waals surface area contributed by atoms with Crippen molar-refractivity contribution in [1.82, 2.24) is 0 Å². The minimum absolute atomic E-state index is 0.200. The van der Waals surface area contributed by atoms with Gasteiger partial charge in [-0.3, -0.25) is 0 Å². The van der Waals surface area contributed by atoms with E-state index >= 15 is 0 Å². The highest BCUT2D eigenvalue weighted by Gasteiger charge is 2.36. The molecule has 0 aromatic rings. The molecule has 0 aromatic carbocycles. The number of esters is 1. The second kappa shape index (κ2) is 31.3. The average molecular weight is 685 g/mol. The third-order valence-corrected chi connectivity index (χ3v) is 11.2. The SMILES string of the molecule is C=C(C)C(=O)OCCOCCOCCOCCOCCOCCOCCOCCOCCOCCOCCO[Si](C)(C)C(C)(C)C. The Bertz CT molecular complexity index is 704. The monoisotopic (exact) mass is 684 g/mol. The van der Waals surface area contributed by atoms with Crippen molar-refractivity contribution < 1.29 is 61.3 Å². The van der Waals surface area contributed by atoms with Gasteiger partial charge in [0.05, 0.1) is 139 Å². The van der Waals surface area contributed by atoms with E-state index < -0.39 is 14.3 Å². The number of carbonyl (C=O) groups excluding carboxylic acids is 1. The van der Waals surface area contributed by atoms with Crippen LogP contribution in [0, 0.1) is 0 Å². The van der Waals surface area contributed by atoms with Gasteiger partial charge in [-0.2, -0.15) is 0 Å². The lowest BCUT2D eigenvalue weighted by Gasteiger charge is -2.36. The molecule has 0 heterocycles. The zero-order chi connectivity index (χ0) is 34.2. The van der Waals surface area contributed by atoms with Gasteiger partial charge >= 0.3 is 5.97 Å². The van der Waals surface area contributed by atoms with Gasteiger partial charge < -0.3 is 56.5 Å². The highest BCUT2D eigenvalue weighted by atomic mass is 28.4. The van der Waals surface area contributed by atoms with E-state index in [1.165, 1.54) is 0 Å². The molecule has 0 unspecified atom stereocenters. The molecule has 0 amide bonds. The lowest BCUT2D eigenvalue weighted by molar-refractivity contribution is -0.140. The van der Waals surface area contributed by atoms with E-state index in [2.05, 4.69) is 40.4 Å². The van der Waals surface area contributed by atoms with E-state index in [9.17, 15) is 4.79 Å². The van der Waals surface area contributed by atoms with Crippen molar-refractivity contribution in [3.8, 4) is 0 Å². The van der Waals surface area contributed by atoms with Gasteiger partial charge in [0.2, 0.25) is 0 Å². The molecule has 0 saturated heterocycles. The minimum Gasteiger partial charge on any atom is -0.460 e. The Hall–Kier alpha value is -1.01. The van der Waals surface area contributed by atoms with Crippen LogP contribution in [-0.4, -0.2) is 160 Å². The van der Waals surface area contributed by atoms with E-state index in [4.69, 9.17) is 56.5 Å². The summed E-state index contributed by atoms with van der Waals surface area (Å²) in [5.74, 6) is -0.412. The molecule has 0 radical (unpaired) electrons. The predicted molar refractivity (Wildman–Crippen MR) is 177 cm³/mol. The van der Waals surface area contributed by atoms with Crippen LogP contribution in [0.25, 0.3) is 0 Å². The van der Waals surface area contributed by atoms with Crippen molar-refractivity contribution in [3.63, 3.8) is 0 Å². The average Bonchev–Trinajstić information content (AvgIpc) is 3.00. The highest BCUT2D eigenvalue weighted by Crippen LogP contribution is 2.36. The van der Waals surface area contributed by atoms with Gasteiger partial charge in [0.1, 0.15) is 6.61 Å². The van der Waals surface area contributed by atoms with E-state index in [1.807, 2.05) is 0 Å². The first-order valence-electron chi connectivity index (χ1n) is 16.3. The summed E-state index contributed by atoms with van der Waals surface area (Å²) in [5.41, 5.74) is 0.371. The summed E-state index contributed by atoms with van der Waals surface area (Å²) in [7, 11) is -1.70. The summed E-state index contributed by atoms with van der Waals surface area (Å²) >= 11 is 0.